The van der Waals surface area contributed by atoms with E-state index in [1.54, 1.807) is 30.3 Å². The van der Waals surface area contributed by atoms with Crippen molar-refractivity contribution in [1.29, 1.82) is 0 Å². The molecule has 17 heavy (non-hydrogen) atoms. The summed E-state index contributed by atoms with van der Waals surface area (Å²) in [6.07, 6.45) is 3.38. The molecule has 0 spiro atoms. The number of benzene rings is 1. The SMILES string of the molecule is O=C(O)/C(=C\NC1CC1)C(=O)c1ccccc1. The summed E-state index contributed by atoms with van der Waals surface area (Å²) in [5.41, 5.74) is 0.168. The zero-order valence-corrected chi connectivity index (χ0v) is 9.22. The molecule has 1 saturated carbocycles. The predicted molar refractivity (Wildman–Crippen MR) is 62.6 cm³/mol. The van der Waals surface area contributed by atoms with Crippen molar-refractivity contribution in [3.05, 3.63) is 47.7 Å². The minimum Gasteiger partial charge on any atom is -0.477 e. The van der Waals surface area contributed by atoms with Gasteiger partial charge in [-0.1, -0.05) is 30.3 Å². The van der Waals surface area contributed by atoms with Gasteiger partial charge in [-0.05, 0) is 12.8 Å². The number of carboxylic acids is 1. The maximum Gasteiger partial charge on any atom is 0.341 e. The van der Waals surface area contributed by atoms with Gasteiger partial charge in [0.2, 0.25) is 5.78 Å². The third kappa shape index (κ3) is 2.93. The fraction of sp³-hybridized carbons (Fsp3) is 0.231. The third-order valence-electron chi connectivity index (χ3n) is 2.55. The first-order valence-electron chi connectivity index (χ1n) is 5.48. The second-order valence-electron chi connectivity index (χ2n) is 4.00. The van der Waals surface area contributed by atoms with Gasteiger partial charge in [0.25, 0.3) is 0 Å². The number of carboxylic acid groups (broad SMARTS) is 1. The van der Waals surface area contributed by atoms with Crippen molar-refractivity contribution in [2.75, 3.05) is 0 Å². The summed E-state index contributed by atoms with van der Waals surface area (Å²) in [6, 6.07) is 8.74. The van der Waals surface area contributed by atoms with Crippen LogP contribution in [-0.2, 0) is 4.79 Å². The molecule has 1 aromatic rings. The molecule has 1 aliphatic rings. The summed E-state index contributed by atoms with van der Waals surface area (Å²) in [4.78, 5) is 22.9. The van der Waals surface area contributed by atoms with Crippen LogP contribution in [0.1, 0.15) is 23.2 Å². The minimum absolute atomic E-state index is 0.219. The van der Waals surface area contributed by atoms with Crippen LogP contribution >= 0.6 is 0 Å². The molecule has 4 heteroatoms. The van der Waals surface area contributed by atoms with Crippen LogP contribution in [0.3, 0.4) is 0 Å². The molecule has 0 bridgehead atoms. The Morgan fingerprint density at radius 2 is 1.88 bits per heavy atom. The van der Waals surface area contributed by atoms with Crippen molar-refractivity contribution in [2.45, 2.75) is 18.9 Å². The van der Waals surface area contributed by atoms with Crippen LogP contribution in [-0.4, -0.2) is 22.9 Å². The van der Waals surface area contributed by atoms with Crippen LogP contribution in [0.2, 0.25) is 0 Å². The van der Waals surface area contributed by atoms with Gasteiger partial charge in [-0.25, -0.2) is 4.79 Å². The highest BCUT2D eigenvalue weighted by Gasteiger charge is 2.23. The Morgan fingerprint density at radius 3 is 2.41 bits per heavy atom. The molecule has 0 radical (unpaired) electrons. The predicted octanol–water partition coefficient (Wildman–Crippen LogP) is 1.59. The number of carbonyl (C=O) groups excluding carboxylic acids is 1. The number of hydrogen-bond acceptors (Lipinski definition) is 3. The standard InChI is InChI=1S/C13H13NO3/c15-12(9-4-2-1-3-5-9)11(13(16)17)8-14-10-6-7-10/h1-5,8,10,14H,6-7H2,(H,16,17)/b11-8-. The van der Waals surface area contributed by atoms with Gasteiger partial charge in [0, 0.05) is 17.8 Å². The smallest absolute Gasteiger partial charge is 0.341 e. The van der Waals surface area contributed by atoms with Gasteiger partial charge in [0.05, 0.1) is 0 Å². The van der Waals surface area contributed by atoms with Crippen molar-refractivity contribution in [2.24, 2.45) is 0 Å². The Hall–Kier alpha value is -2.10. The van der Waals surface area contributed by atoms with E-state index in [4.69, 9.17) is 5.11 Å². The average Bonchev–Trinajstić information content (AvgIpc) is 3.14. The van der Waals surface area contributed by atoms with Crippen molar-refractivity contribution in [1.82, 2.24) is 5.32 Å². The van der Waals surface area contributed by atoms with Crippen molar-refractivity contribution in [3.63, 3.8) is 0 Å². The third-order valence-corrected chi connectivity index (χ3v) is 2.55. The van der Waals surface area contributed by atoms with Crippen molar-refractivity contribution >= 4 is 11.8 Å². The van der Waals surface area contributed by atoms with E-state index in [9.17, 15) is 9.59 Å². The largest absolute Gasteiger partial charge is 0.477 e. The molecule has 0 saturated heterocycles. The van der Waals surface area contributed by atoms with E-state index in [1.807, 2.05) is 0 Å². The lowest BCUT2D eigenvalue weighted by Crippen LogP contribution is -2.18. The van der Waals surface area contributed by atoms with Gasteiger partial charge >= 0.3 is 5.97 Å². The second kappa shape index (κ2) is 4.82. The highest BCUT2D eigenvalue weighted by Crippen LogP contribution is 2.19. The Bertz CT molecular complexity index is 461. The van der Waals surface area contributed by atoms with E-state index in [2.05, 4.69) is 5.32 Å². The van der Waals surface area contributed by atoms with Gasteiger partial charge < -0.3 is 10.4 Å². The lowest BCUT2D eigenvalue weighted by Gasteiger charge is -2.03. The minimum atomic E-state index is -1.20. The Balaban J connectivity index is 2.18. The Labute approximate surface area is 99.0 Å². The summed E-state index contributed by atoms with van der Waals surface area (Å²) in [6.45, 7) is 0. The van der Waals surface area contributed by atoms with E-state index < -0.39 is 11.8 Å². The molecule has 0 heterocycles. The Morgan fingerprint density at radius 1 is 1.24 bits per heavy atom. The molecule has 1 aliphatic carbocycles. The second-order valence-corrected chi connectivity index (χ2v) is 4.00. The van der Waals surface area contributed by atoms with Gasteiger partial charge in [-0.15, -0.1) is 0 Å². The number of carbonyl (C=O) groups is 2. The van der Waals surface area contributed by atoms with E-state index in [1.165, 1.54) is 6.20 Å². The average molecular weight is 231 g/mol. The van der Waals surface area contributed by atoms with Crippen LogP contribution in [0.15, 0.2) is 42.1 Å². The normalized spacial score (nSPS) is 15.4. The van der Waals surface area contributed by atoms with Crippen LogP contribution in [0.4, 0.5) is 0 Å². The number of ketones is 1. The summed E-state index contributed by atoms with van der Waals surface area (Å²) in [5, 5.41) is 11.9. The number of Topliss-reactive ketones (excluding diaryl/α,β-unsaturated/α-hetero) is 1. The quantitative estimate of drug-likeness (QED) is 0.349. The van der Waals surface area contributed by atoms with Crippen molar-refractivity contribution in [3.8, 4) is 0 Å². The van der Waals surface area contributed by atoms with Crippen LogP contribution in [0, 0.1) is 0 Å². The molecule has 1 fully saturated rings. The summed E-state index contributed by atoms with van der Waals surface area (Å²) < 4.78 is 0. The lowest BCUT2D eigenvalue weighted by atomic mass is 10.0. The van der Waals surface area contributed by atoms with E-state index >= 15 is 0 Å². The molecule has 0 atom stereocenters. The first kappa shape index (κ1) is 11.4. The lowest BCUT2D eigenvalue weighted by molar-refractivity contribution is -0.132. The van der Waals surface area contributed by atoms with Gasteiger partial charge in [0.1, 0.15) is 5.57 Å². The first-order chi connectivity index (χ1) is 8.18. The number of hydrogen-bond donors (Lipinski definition) is 2. The monoisotopic (exact) mass is 231 g/mol. The maximum atomic E-state index is 11.9. The molecule has 4 nitrogen and oxygen atoms in total. The fourth-order valence-corrected chi connectivity index (χ4v) is 1.42. The van der Waals surface area contributed by atoms with Crippen LogP contribution < -0.4 is 5.32 Å². The zero-order valence-electron chi connectivity index (χ0n) is 9.22. The Kier molecular flexibility index (Phi) is 3.23. The molecular formula is C13H13NO3. The number of nitrogens with one attached hydrogen (secondary N) is 1. The molecule has 2 N–H and O–H groups in total. The zero-order chi connectivity index (χ0) is 12.3. The van der Waals surface area contributed by atoms with E-state index in [0.717, 1.165) is 12.8 Å². The molecule has 88 valence electrons. The molecule has 0 aliphatic heterocycles. The molecular weight excluding hydrogens is 218 g/mol. The molecule has 0 amide bonds. The highest BCUT2D eigenvalue weighted by molar-refractivity contribution is 6.23. The molecule has 1 aromatic carbocycles. The topological polar surface area (TPSA) is 66.4 Å². The fourth-order valence-electron chi connectivity index (χ4n) is 1.42. The first-order valence-corrected chi connectivity index (χ1v) is 5.48. The summed E-state index contributed by atoms with van der Waals surface area (Å²) in [5.74, 6) is -1.67. The van der Waals surface area contributed by atoms with E-state index in [0.29, 0.717) is 11.6 Å². The molecule has 0 unspecified atom stereocenters. The van der Waals surface area contributed by atoms with Gasteiger partial charge in [-0.2, -0.15) is 0 Å². The molecule has 0 aromatic heterocycles. The molecule has 2 rings (SSSR count). The van der Waals surface area contributed by atoms with Gasteiger partial charge in [-0.3, -0.25) is 4.79 Å². The number of rotatable bonds is 5. The maximum absolute atomic E-state index is 11.9. The summed E-state index contributed by atoms with van der Waals surface area (Å²) >= 11 is 0. The van der Waals surface area contributed by atoms with Crippen LogP contribution in [0.25, 0.3) is 0 Å². The van der Waals surface area contributed by atoms with Gasteiger partial charge in [0.15, 0.2) is 0 Å². The number of aliphatic carboxylic acids is 1. The van der Waals surface area contributed by atoms with E-state index in [-0.39, 0.29) is 5.57 Å². The summed E-state index contributed by atoms with van der Waals surface area (Å²) in [7, 11) is 0. The van der Waals surface area contributed by atoms with Crippen LogP contribution in [0.5, 0.6) is 0 Å². The highest BCUT2D eigenvalue weighted by atomic mass is 16.4. The van der Waals surface area contributed by atoms with Crippen molar-refractivity contribution < 1.29 is 14.7 Å².